The highest BCUT2D eigenvalue weighted by Crippen LogP contribution is 2.20. The van der Waals surface area contributed by atoms with E-state index in [1.54, 1.807) is 17.0 Å². The number of carbonyl (C=O) groups excluding carboxylic acids is 1. The van der Waals surface area contributed by atoms with Gasteiger partial charge in [0.05, 0.1) is 11.6 Å². The first-order chi connectivity index (χ1) is 9.81. The van der Waals surface area contributed by atoms with Gasteiger partial charge < -0.3 is 9.64 Å². The van der Waals surface area contributed by atoms with E-state index in [0.29, 0.717) is 6.54 Å². The van der Waals surface area contributed by atoms with Crippen molar-refractivity contribution in [2.75, 3.05) is 13.1 Å². The van der Waals surface area contributed by atoms with E-state index >= 15 is 0 Å². The van der Waals surface area contributed by atoms with Gasteiger partial charge in [-0.1, -0.05) is 23.7 Å². The summed E-state index contributed by atoms with van der Waals surface area (Å²) in [6.45, 7) is 4.12. The van der Waals surface area contributed by atoms with Gasteiger partial charge >= 0.3 is 6.09 Å². The average molecular weight is 333 g/mol. The number of amides is 1. The van der Waals surface area contributed by atoms with Gasteiger partial charge in [-0.2, -0.15) is 0 Å². The van der Waals surface area contributed by atoms with Crippen molar-refractivity contribution in [3.05, 3.63) is 29.3 Å². The maximum absolute atomic E-state index is 12.2. The molecule has 0 saturated carbocycles. The summed E-state index contributed by atoms with van der Waals surface area (Å²) in [7, 11) is -3.73. The summed E-state index contributed by atoms with van der Waals surface area (Å²) in [5, 5.41) is 0.150. The standard InChI is InChI=1S/C13H17ClN2O4S/c1-9(2)16-8-10(20-13(16)17)7-15-21(18,19)12-6-4-3-5-11(12)14/h3-6,9-10,15H,7-8H2,1-2H3. The van der Waals surface area contributed by atoms with Gasteiger partial charge in [0.15, 0.2) is 0 Å². The highest BCUT2D eigenvalue weighted by Gasteiger charge is 2.33. The third-order valence-electron chi connectivity index (χ3n) is 3.15. The molecule has 1 fully saturated rings. The molecule has 2 rings (SSSR count). The molecule has 0 aliphatic carbocycles. The maximum atomic E-state index is 12.2. The fourth-order valence-corrected chi connectivity index (χ4v) is 3.60. The van der Waals surface area contributed by atoms with E-state index in [1.165, 1.54) is 12.1 Å². The van der Waals surface area contributed by atoms with Crippen molar-refractivity contribution in [3.8, 4) is 0 Å². The number of hydrogen-bond donors (Lipinski definition) is 1. The first kappa shape index (κ1) is 16.1. The molecule has 8 heteroatoms. The lowest BCUT2D eigenvalue weighted by molar-refractivity contribution is 0.130. The van der Waals surface area contributed by atoms with Crippen LogP contribution in [0.25, 0.3) is 0 Å². The number of sulfonamides is 1. The lowest BCUT2D eigenvalue weighted by atomic mass is 10.3. The quantitative estimate of drug-likeness (QED) is 0.892. The largest absolute Gasteiger partial charge is 0.443 e. The Morgan fingerprint density at radius 1 is 1.43 bits per heavy atom. The average Bonchev–Trinajstić information content (AvgIpc) is 2.78. The first-order valence-corrected chi connectivity index (χ1v) is 8.39. The van der Waals surface area contributed by atoms with Crippen LogP contribution in [0.3, 0.4) is 0 Å². The van der Waals surface area contributed by atoms with Crippen LogP contribution in [0.1, 0.15) is 13.8 Å². The topological polar surface area (TPSA) is 75.7 Å². The molecule has 1 unspecified atom stereocenters. The predicted molar refractivity (Wildman–Crippen MR) is 78.8 cm³/mol. The number of nitrogens with zero attached hydrogens (tertiary/aromatic N) is 1. The minimum Gasteiger partial charge on any atom is -0.443 e. The minimum atomic E-state index is -3.73. The highest BCUT2D eigenvalue weighted by atomic mass is 35.5. The van der Waals surface area contributed by atoms with Gasteiger partial charge in [0.25, 0.3) is 0 Å². The van der Waals surface area contributed by atoms with Crippen molar-refractivity contribution < 1.29 is 17.9 Å². The van der Waals surface area contributed by atoms with E-state index in [9.17, 15) is 13.2 Å². The smallest absolute Gasteiger partial charge is 0.410 e. The molecule has 0 bridgehead atoms. The molecule has 1 amide bonds. The van der Waals surface area contributed by atoms with Crippen LogP contribution < -0.4 is 4.72 Å². The van der Waals surface area contributed by atoms with E-state index in [4.69, 9.17) is 16.3 Å². The number of hydrogen-bond acceptors (Lipinski definition) is 4. The second kappa shape index (κ2) is 6.21. The van der Waals surface area contributed by atoms with Gasteiger partial charge in [0.2, 0.25) is 10.0 Å². The first-order valence-electron chi connectivity index (χ1n) is 6.52. The van der Waals surface area contributed by atoms with Gasteiger partial charge in [-0.25, -0.2) is 17.9 Å². The van der Waals surface area contributed by atoms with Crippen LogP contribution in [-0.2, 0) is 14.8 Å². The van der Waals surface area contributed by atoms with Crippen molar-refractivity contribution >= 4 is 27.7 Å². The number of benzene rings is 1. The normalized spacial score (nSPS) is 19.1. The van der Waals surface area contributed by atoms with Gasteiger partial charge in [-0.15, -0.1) is 0 Å². The zero-order valence-electron chi connectivity index (χ0n) is 11.7. The Kier molecular flexibility index (Phi) is 4.75. The highest BCUT2D eigenvalue weighted by molar-refractivity contribution is 7.89. The molecule has 0 aromatic heterocycles. The zero-order chi connectivity index (χ0) is 15.6. The molecule has 6 nitrogen and oxygen atoms in total. The van der Waals surface area contributed by atoms with E-state index in [-0.39, 0.29) is 22.5 Å². The third kappa shape index (κ3) is 3.66. The van der Waals surface area contributed by atoms with Crippen LogP contribution in [0.5, 0.6) is 0 Å². The number of halogens is 1. The van der Waals surface area contributed by atoms with E-state index < -0.39 is 22.2 Å². The lowest BCUT2D eigenvalue weighted by Gasteiger charge is -2.17. The van der Waals surface area contributed by atoms with Crippen molar-refractivity contribution in [1.29, 1.82) is 0 Å². The molecule has 0 spiro atoms. The Bertz CT molecular complexity index is 633. The molecule has 1 saturated heterocycles. The van der Waals surface area contributed by atoms with Gasteiger partial charge in [-0.3, -0.25) is 0 Å². The third-order valence-corrected chi connectivity index (χ3v) is 5.08. The molecule has 21 heavy (non-hydrogen) atoms. The molecule has 1 atom stereocenters. The zero-order valence-corrected chi connectivity index (χ0v) is 13.3. The van der Waals surface area contributed by atoms with Gasteiger partial charge in [0.1, 0.15) is 11.0 Å². The maximum Gasteiger partial charge on any atom is 0.410 e. The van der Waals surface area contributed by atoms with Gasteiger partial charge in [0, 0.05) is 12.6 Å². The molecule has 1 N–H and O–H groups in total. The number of ether oxygens (including phenoxy) is 1. The van der Waals surface area contributed by atoms with Crippen LogP contribution in [0.4, 0.5) is 4.79 Å². The van der Waals surface area contributed by atoms with Crippen LogP contribution in [-0.4, -0.2) is 44.6 Å². The Morgan fingerprint density at radius 2 is 2.10 bits per heavy atom. The van der Waals surface area contributed by atoms with Crippen LogP contribution >= 0.6 is 11.6 Å². The van der Waals surface area contributed by atoms with E-state index in [0.717, 1.165) is 0 Å². The monoisotopic (exact) mass is 332 g/mol. The molecular formula is C13H17ClN2O4S. The summed E-state index contributed by atoms with van der Waals surface area (Å²) in [4.78, 5) is 13.1. The summed E-state index contributed by atoms with van der Waals surface area (Å²) in [6, 6.07) is 6.19. The Labute approximate surface area is 129 Å². The Hall–Kier alpha value is -1.31. The molecule has 1 aliphatic heterocycles. The second-order valence-electron chi connectivity index (χ2n) is 5.03. The van der Waals surface area contributed by atoms with Crippen molar-refractivity contribution in [1.82, 2.24) is 9.62 Å². The molecular weight excluding hydrogens is 316 g/mol. The van der Waals surface area contributed by atoms with Crippen LogP contribution in [0, 0.1) is 0 Å². The molecule has 1 aliphatic rings. The Balaban J connectivity index is 2.01. The van der Waals surface area contributed by atoms with Crippen LogP contribution in [0.15, 0.2) is 29.2 Å². The van der Waals surface area contributed by atoms with E-state index in [1.807, 2.05) is 13.8 Å². The predicted octanol–water partition coefficient (Wildman–Crippen LogP) is 1.85. The minimum absolute atomic E-state index is 0.0108. The van der Waals surface area contributed by atoms with E-state index in [2.05, 4.69) is 4.72 Å². The van der Waals surface area contributed by atoms with Crippen LogP contribution in [0.2, 0.25) is 5.02 Å². The fourth-order valence-electron chi connectivity index (χ4n) is 2.01. The summed E-state index contributed by atoms with van der Waals surface area (Å²) >= 11 is 5.88. The summed E-state index contributed by atoms with van der Waals surface area (Å²) in [5.41, 5.74) is 0. The molecule has 1 heterocycles. The number of rotatable bonds is 5. The molecule has 1 aromatic carbocycles. The number of nitrogens with one attached hydrogen (secondary N) is 1. The SMILES string of the molecule is CC(C)N1CC(CNS(=O)(=O)c2ccccc2Cl)OC1=O. The Morgan fingerprint density at radius 3 is 2.67 bits per heavy atom. The molecule has 116 valence electrons. The summed E-state index contributed by atoms with van der Waals surface area (Å²) in [6.07, 6.45) is -0.927. The number of cyclic esters (lactones) is 1. The second-order valence-corrected chi connectivity index (χ2v) is 7.18. The van der Waals surface area contributed by atoms with Crippen molar-refractivity contribution in [2.24, 2.45) is 0 Å². The number of carbonyl (C=O) groups is 1. The van der Waals surface area contributed by atoms with Crippen molar-refractivity contribution in [3.63, 3.8) is 0 Å². The summed E-state index contributed by atoms with van der Waals surface area (Å²) in [5.74, 6) is 0. The van der Waals surface area contributed by atoms with Gasteiger partial charge in [-0.05, 0) is 26.0 Å². The molecule has 1 aromatic rings. The fraction of sp³-hybridized carbons (Fsp3) is 0.462. The molecule has 0 radical (unpaired) electrons. The summed E-state index contributed by atoms with van der Waals surface area (Å²) < 4.78 is 31.9. The lowest BCUT2D eigenvalue weighted by Crippen LogP contribution is -2.36. The van der Waals surface area contributed by atoms with Crippen molar-refractivity contribution in [2.45, 2.75) is 30.9 Å².